The molecule has 1 rings (SSSR count). The zero-order valence-electron chi connectivity index (χ0n) is 9.69. The normalized spacial score (nSPS) is 13.1. The Morgan fingerprint density at radius 3 is 2.65 bits per heavy atom. The van der Waals surface area contributed by atoms with Crippen LogP contribution in [0, 0.1) is 5.82 Å². The molecule has 17 heavy (non-hydrogen) atoms. The van der Waals surface area contributed by atoms with Crippen molar-refractivity contribution in [2.75, 3.05) is 14.2 Å². The van der Waals surface area contributed by atoms with E-state index in [4.69, 9.17) is 21.1 Å². The van der Waals surface area contributed by atoms with E-state index in [1.807, 2.05) is 0 Å². The highest BCUT2D eigenvalue weighted by Crippen LogP contribution is 2.24. The summed E-state index contributed by atoms with van der Waals surface area (Å²) in [5, 5.41) is 9.98. The van der Waals surface area contributed by atoms with Crippen LogP contribution in [0.5, 0.6) is 0 Å². The molecule has 0 spiro atoms. The van der Waals surface area contributed by atoms with Gasteiger partial charge in [0.2, 0.25) is 0 Å². The molecule has 0 aliphatic carbocycles. The van der Waals surface area contributed by atoms with Crippen molar-refractivity contribution in [2.24, 2.45) is 0 Å². The van der Waals surface area contributed by atoms with Crippen molar-refractivity contribution in [3.63, 3.8) is 0 Å². The summed E-state index contributed by atoms with van der Waals surface area (Å²) in [7, 11) is 3.01. The second-order valence-electron chi connectivity index (χ2n) is 3.52. The number of aromatic nitrogens is 1. The number of nitrogens with zero attached hydrogens (tertiary/aromatic N) is 1. The molecule has 1 aromatic heterocycles. The Hall–Kier alpha value is -0.750. The lowest BCUT2D eigenvalue weighted by molar-refractivity contribution is -0.111. The van der Waals surface area contributed by atoms with Crippen molar-refractivity contribution in [1.29, 1.82) is 0 Å². The van der Waals surface area contributed by atoms with Crippen LogP contribution in [0.2, 0.25) is 5.15 Å². The van der Waals surface area contributed by atoms with Crippen LogP contribution in [0.1, 0.15) is 24.5 Å². The molecule has 4 nitrogen and oxygen atoms in total. The Kier molecular flexibility index (Phi) is 5.77. The molecule has 0 amide bonds. The minimum atomic E-state index is -0.955. The van der Waals surface area contributed by atoms with Crippen molar-refractivity contribution in [3.8, 4) is 0 Å². The molecule has 0 aliphatic heterocycles. The molecule has 0 fully saturated rings. The predicted molar refractivity (Wildman–Crippen MR) is 61.2 cm³/mol. The first kappa shape index (κ1) is 14.3. The Morgan fingerprint density at radius 2 is 2.06 bits per heavy atom. The molecule has 1 N–H and O–H groups in total. The Bertz CT molecular complexity index is 361. The van der Waals surface area contributed by atoms with E-state index in [1.54, 1.807) is 0 Å². The summed E-state index contributed by atoms with van der Waals surface area (Å²) in [4.78, 5) is 3.58. The lowest BCUT2D eigenvalue weighted by Gasteiger charge is -2.16. The average molecular weight is 264 g/mol. The molecular weight excluding hydrogens is 249 g/mol. The van der Waals surface area contributed by atoms with Gasteiger partial charge >= 0.3 is 0 Å². The molecule has 0 aromatic carbocycles. The fourth-order valence-electron chi connectivity index (χ4n) is 1.46. The number of ether oxygens (including phenoxy) is 2. The highest BCUT2D eigenvalue weighted by atomic mass is 35.5. The molecule has 1 unspecified atom stereocenters. The Morgan fingerprint density at radius 1 is 1.41 bits per heavy atom. The summed E-state index contributed by atoms with van der Waals surface area (Å²) in [5.74, 6) is -0.576. The molecule has 1 aromatic rings. The van der Waals surface area contributed by atoms with Gasteiger partial charge in [0.05, 0.1) is 12.3 Å². The standard InChI is InChI=1S/C11H15ClFNO3/c1-16-11(17-2)4-3-9(15)7-5-10(12)14-6-8(7)13/h5-6,9,11,15H,3-4H2,1-2H3. The van der Waals surface area contributed by atoms with Gasteiger partial charge in [-0.15, -0.1) is 0 Å². The van der Waals surface area contributed by atoms with Gasteiger partial charge in [0.25, 0.3) is 0 Å². The van der Waals surface area contributed by atoms with E-state index in [0.717, 1.165) is 6.20 Å². The van der Waals surface area contributed by atoms with Gasteiger partial charge in [0, 0.05) is 26.2 Å². The maximum atomic E-state index is 13.4. The van der Waals surface area contributed by atoms with Gasteiger partial charge in [-0.05, 0) is 12.5 Å². The first-order valence-electron chi connectivity index (χ1n) is 5.13. The molecule has 0 bridgehead atoms. The third kappa shape index (κ3) is 4.20. The van der Waals surface area contributed by atoms with Gasteiger partial charge in [-0.1, -0.05) is 11.6 Å². The summed E-state index contributed by atoms with van der Waals surface area (Å²) < 4.78 is 23.3. The number of hydrogen-bond donors (Lipinski definition) is 1. The second-order valence-corrected chi connectivity index (χ2v) is 3.91. The average Bonchev–Trinajstić information content (AvgIpc) is 2.33. The van der Waals surface area contributed by atoms with Gasteiger partial charge < -0.3 is 14.6 Å². The summed E-state index contributed by atoms with van der Waals surface area (Å²) in [6, 6.07) is 1.32. The quantitative estimate of drug-likeness (QED) is 0.632. The van der Waals surface area contributed by atoms with Crippen molar-refractivity contribution in [2.45, 2.75) is 25.2 Å². The van der Waals surface area contributed by atoms with E-state index in [0.29, 0.717) is 12.8 Å². The third-order valence-corrected chi connectivity index (χ3v) is 2.62. The number of hydrogen-bond acceptors (Lipinski definition) is 4. The summed E-state index contributed by atoms with van der Waals surface area (Å²) in [6.45, 7) is 0. The topological polar surface area (TPSA) is 51.6 Å². The minimum absolute atomic E-state index is 0.135. The summed E-state index contributed by atoms with van der Waals surface area (Å²) in [6.07, 6.45) is 0.385. The fourth-order valence-corrected chi connectivity index (χ4v) is 1.63. The van der Waals surface area contributed by atoms with E-state index in [2.05, 4.69) is 4.98 Å². The first-order valence-corrected chi connectivity index (χ1v) is 5.51. The number of methoxy groups -OCH3 is 2. The van der Waals surface area contributed by atoms with Gasteiger partial charge in [0.15, 0.2) is 6.29 Å². The smallest absolute Gasteiger partial charge is 0.156 e. The monoisotopic (exact) mass is 263 g/mol. The number of aliphatic hydroxyl groups is 1. The van der Waals surface area contributed by atoms with E-state index in [9.17, 15) is 9.50 Å². The van der Waals surface area contributed by atoms with Crippen LogP contribution in [0.25, 0.3) is 0 Å². The summed E-state index contributed by atoms with van der Waals surface area (Å²) in [5.41, 5.74) is 0.135. The highest BCUT2D eigenvalue weighted by Gasteiger charge is 2.16. The van der Waals surface area contributed by atoms with Gasteiger partial charge in [0.1, 0.15) is 11.0 Å². The van der Waals surface area contributed by atoms with E-state index in [1.165, 1.54) is 20.3 Å². The van der Waals surface area contributed by atoms with Crippen LogP contribution in [-0.2, 0) is 9.47 Å². The lowest BCUT2D eigenvalue weighted by atomic mass is 10.1. The summed E-state index contributed by atoms with van der Waals surface area (Å²) >= 11 is 5.64. The number of rotatable bonds is 6. The first-order chi connectivity index (χ1) is 8.08. The highest BCUT2D eigenvalue weighted by molar-refractivity contribution is 6.29. The Labute approximate surface area is 104 Å². The zero-order chi connectivity index (χ0) is 12.8. The van der Waals surface area contributed by atoms with Gasteiger partial charge in [-0.25, -0.2) is 9.37 Å². The van der Waals surface area contributed by atoms with E-state index < -0.39 is 18.2 Å². The maximum absolute atomic E-state index is 13.4. The lowest BCUT2D eigenvalue weighted by Crippen LogP contribution is -2.14. The SMILES string of the molecule is COC(CCC(O)c1cc(Cl)ncc1F)OC. The zero-order valence-corrected chi connectivity index (χ0v) is 10.4. The number of pyridine rings is 1. The molecule has 1 heterocycles. The number of halogens is 2. The van der Waals surface area contributed by atoms with Crippen LogP contribution in [0.15, 0.2) is 12.3 Å². The van der Waals surface area contributed by atoms with Crippen LogP contribution in [0.4, 0.5) is 4.39 Å². The van der Waals surface area contributed by atoms with Gasteiger partial charge in [-0.3, -0.25) is 0 Å². The molecule has 1 atom stereocenters. The van der Waals surface area contributed by atoms with Crippen molar-refractivity contribution in [3.05, 3.63) is 28.8 Å². The molecule has 0 aliphatic rings. The van der Waals surface area contributed by atoms with Crippen LogP contribution < -0.4 is 0 Å². The van der Waals surface area contributed by atoms with Crippen LogP contribution in [0.3, 0.4) is 0 Å². The maximum Gasteiger partial charge on any atom is 0.156 e. The largest absolute Gasteiger partial charge is 0.388 e. The minimum Gasteiger partial charge on any atom is -0.388 e. The molecule has 96 valence electrons. The van der Waals surface area contributed by atoms with Gasteiger partial charge in [-0.2, -0.15) is 0 Å². The van der Waals surface area contributed by atoms with Crippen molar-refractivity contribution >= 4 is 11.6 Å². The van der Waals surface area contributed by atoms with E-state index in [-0.39, 0.29) is 10.7 Å². The molecule has 0 saturated heterocycles. The fraction of sp³-hybridized carbons (Fsp3) is 0.545. The molecule has 0 saturated carbocycles. The predicted octanol–water partition coefficient (Wildman–Crippen LogP) is 2.31. The van der Waals surface area contributed by atoms with Crippen molar-refractivity contribution in [1.82, 2.24) is 4.98 Å². The van der Waals surface area contributed by atoms with Crippen LogP contribution in [-0.4, -0.2) is 30.6 Å². The van der Waals surface area contributed by atoms with Crippen molar-refractivity contribution < 1.29 is 19.0 Å². The molecule has 6 heteroatoms. The second kappa shape index (κ2) is 6.86. The van der Waals surface area contributed by atoms with E-state index >= 15 is 0 Å². The number of aliphatic hydroxyl groups excluding tert-OH is 1. The Balaban J connectivity index is 2.63. The van der Waals surface area contributed by atoms with Crippen LogP contribution >= 0.6 is 11.6 Å². The molecular formula is C11H15ClFNO3. The third-order valence-electron chi connectivity index (χ3n) is 2.41. The molecule has 0 radical (unpaired) electrons.